The lowest BCUT2D eigenvalue weighted by Crippen LogP contribution is -2.44. The Balaban J connectivity index is 0.000000450. The summed E-state index contributed by atoms with van der Waals surface area (Å²) in [4.78, 5) is 60.9. The third-order valence-electron chi connectivity index (χ3n) is 7.86. The van der Waals surface area contributed by atoms with E-state index in [1.54, 1.807) is 0 Å². The van der Waals surface area contributed by atoms with Crippen LogP contribution in [-0.4, -0.2) is 106 Å². The van der Waals surface area contributed by atoms with Crippen LogP contribution in [0.15, 0.2) is 76.6 Å². The first-order chi connectivity index (χ1) is 23.9. The summed E-state index contributed by atoms with van der Waals surface area (Å²) in [5.74, 6) is -4.77. The second-order valence-electron chi connectivity index (χ2n) is 11.9. The zero-order valence-corrected chi connectivity index (χ0v) is 29.6. The third kappa shape index (κ3) is 16.3. The fourth-order valence-electron chi connectivity index (χ4n) is 5.28. The van der Waals surface area contributed by atoms with Gasteiger partial charge in [-0.05, 0) is 57.1 Å². The van der Waals surface area contributed by atoms with Gasteiger partial charge in [-0.15, -0.1) is 0 Å². The number of carboxylic acids is 4. The Kier molecular flexibility index (Phi) is 19.2. The number of benzene rings is 2. The number of carbonyl (C=O) groups excluding carboxylic acids is 1. The SMILES string of the molecule is CCCC(=O)c1ccc2c(c1)N(CCCCCCCCN1CCN(C)CC1)c1ccccc1S2.O=C(O)/C=C\C(=O)O.O=C(O)/C=C\C(=O)O. The van der Waals surface area contributed by atoms with Crippen LogP contribution in [0.2, 0.25) is 0 Å². The molecule has 1 fully saturated rings. The molecule has 1 saturated heterocycles. The van der Waals surface area contributed by atoms with Crippen molar-refractivity contribution in [3.8, 4) is 0 Å². The Hall–Kier alpha value is -4.46. The Labute approximate surface area is 298 Å². The molecular weight excluding hydrogens is 662 g/mol. The maximum absolute atomic E-state index is 12.6. The van der Waals surface area contributed by atoms with Crippen LogP contribution in [0.4, 0.5) is 11.4 Å². The molecule has 0 bridgehead atoms. The molecule has 0 aromatic heterocycles. The van der Waals surface area contributed by atoms with E-state index in [0.29, 0.717) is 30.7 Å². The average molecular weight is 712 g/mol. The topological polar surface area (TPSA) is 176 Å². The van der Waals surface area contributed by atoms with E-state index in [1.807, 2.05) is 17.8 Å². The Morgan fingerprint density at radius 2 is 1.16 bits per heavy atom. The van der Waals surface area contributed by atoms with Crippen molar-refractivity contribution >= 4 is 52.8 Å². The summed E-state index contributed by atoms with van der Waals surface area (Å²) in [5.41, 5.74) is 3.34. The Bertz CT molecular complexity index is 1420. The fraction of sp³-hybridized carbons (Fsp3) is 0.432. The van der Waals surface area contributed by atoms with E-state index in [1.165, 1.54) is 92.4 Å². The summed E-state index contributed by atoms with van der Waals surface area (Å²) in [5, 5.41) is 31.2. The molecular formula is C37H49N3O9S. The molecule has 0 saturated carbocycles. The smallest absolute Gasteiger partial charge is 0.328 e. The van der Waals surface area contributed by atoms with Crippen LogP contribution in [0.5, 0.6) is 0 Å². The van der Waals surface area contributed by atoms with Crippen molar-refractivity contribution in [1.29, 1.82) is 0 Å². The van der Waals surface area contributed by atoms with Crippen LogP contribution >= 0.6 is 11.8 Å². The van der Waals surface area contributed by atoms with Gasteiger partial charge in [-0.3, -0.25) is 4.79 Å². The number of ketones is 1. The highest BCUT2D eigenvalue weighted by Crippen LogP contribution is 2.48. The Morgan fingerprint density at radius 3 is 1.70 bits per heavy atom. The number of rotatable bonds is 16. The van der Waals surface area contributed by atoms with E-state index in [2.05, 4.69) is 65.1 Å². The monoisotopic (exact) mass is 711 g/mol. The molecule has 4 N–H and O–H groups in total. The molecule has 2 aromatic rings. The van der Waals surface area contributed by atoms with Gasteiger partial charge < -0.3 is 35.1 Å². The van der Waals surface area contributed by atoms with Crippen LogP contribution in [-0.2, 0) is 19.2 Å². The molecule has 12 nitrogen and oxygen atoms in total. The number of para-hydroxylation sites is 1. The third-order valence-corrected chi connectivity index (χ3v) is 8.99. The number of carbonyl (C=O) groups is 5. The van der Waals surface area contributed by atoms with Crippen LogP contribution in [0.1, 0.15) is 68.6 Å². The number of carboxylic acid groups (broad SMARTS) is 4. The number of hydrogen-bond donors (Lipinski definition) is 4. The van der Waals surface area contributed by atoms with E-state index in [4.69, 9.17) is 20.4 Å². The lowest BCUT2D eigenvalue weighted by atomic mass is 10.0. The van der Waals surface area contributed by atoms with Gasteiger partial charge in [0, 0.05) is 78.8 Å². The number of unbranched alkanes of at least 4 members (excludes halogenated alkanes) is 5. The van der Waals surface area contributed by atoms with Crippen LogP contribution in [0, 0.1) is 0 Å². The van der Waals surface area contributed by atoms with Crippen molar-refractivity contribution in [2.45, 2.75) is 68.1 Å². The van der Waals surface area contributed by atoms with E-state index < -0.39 is 23.9 Å². The molecule has 0 spiro atoms. The summed E-state index contributed by atoms with van der Waals surface area (Å²) < 4.78 is 0. The molecule has 0 amide bonds. The number of fused-ring (bicyclic) bond motifs is 2. The van der Waals surface area contributed by atoms with Gasteiger partial charge in [-0.2, -0.15) is 0 Å². The molecule has 2 aromatic carbocycles. The molecule has 0 radical (unpaired) electrons. The van der Waals surface area contributed by atoms with Crippen molar-refractivity contribution in [1.82, 2.24) is 9.80 Å². The molecule has 4 rings (SSSR count). The number of nitrogens with zero attached hydrogens (tertiary/aromatic N) is 3. The van der Waals surface area contributed by atoms with Crippen molar-refractivity contribution < 1.29 is 44.4 Å². The largest absolute Gasteiger partial charge is 0.478 e. The Morgan fingerprint density at radius 1 is 0.660 bits per heavy atom. The van der Waals surface area contributed by atoms with Gasteiger partial charge in [0.2, 0.25) is 0 Å². The highest BCUT2D eigenvalue weighted by molar-refractivity contribution is 7.99. The standard InChI is InChI=1S/C29H41N3OS.2C4H4O4/c1-3-12-27(33)24-15-16-29-26(23-24)32(25-13-8-9-14-28(25)34-29)18-11-7-5-4-6-10-17-31-21-19-30(2)20-22-31;2*5-3(6)1-2-4(7)8/h8-9,13-16,23H,3-7,10-12,17-22H2,1-2H3;2*1-2H,(H,5,6)(H,7,8)/b;2*2-1-. The minimum absolute atomic E-state index is 0.255. The lowest BCUT2D eigenvalue weighted by Gasteiger charge is -2.33. The molecule has 0 atom stereocenters. The van der Waals surface area contributed by atoms with Crippen LogP contribution in [0.3, 0.4) is 0 Å². The molecule has 2 heterocycles. The van der Waals surface area contributed by atoms with Crippen molar-refractivity contribution in [2.24, 2.45) is 0 Å². The highest BCUT2D eigenvalue weighted by Gasteiger charge is 2.24. The van der Waals surface area contributed by atoms with E-state index in [-0.39, 0.29) is 5.78 Å². The van der Waals surface area contributed by atoms with E-state index >= 15 is 0 Å². The summed E-state index contributed by atoms with van der Waals surface area (Å²) >= 11 is 1.82. The maximum Gasteiger partial charge on any atom is 0.328 e. The summed E-state index contributed by atoms with van der Waals surface area (Å²) in [6.07, 6.45) is 11.5. The van der Waals surface area contributed by atoms with Gasteiger partial charge in [0.1, 0.15) is 0 Å². The van der Waals surface area contributed by atoms with Crippen LogP contribution < -0.4 is 4.90 Å². The van der Waals surface area contributed by atoms with Gasteiger partial charge in [0.15, 0.2) is 5.78 Å². The summed E-state index contributed by atoms with van der Waals surface area (Å²) in [6.45, 7) is 9.26. The predicted octanol–water partition coefficient (Wildman–Crippen LogP) is 6.28. The quantitative estimate of drug-likeness (QED) is 0.0870. The lowest BCUT2D eigenvalue weighted by molar-refractivity contribution is -0.134. The number of aliphatic carboxylic acids is 4. The first kappa shape index (κ1) is 41.7. The molecule has 50 heavy (non-hydrogen) atoms. The van der Waals surface area contributed by atoms with Gasteiger partial charge in [0.05, 0.1) is 11.4 Å². The first-order valence-corrected chi connectivity index (χ1v) is 17.6. The molecule has 2 aliphatic heterocycles. The fourth-order valence-corrected chi connectivity index (χ4v) is 6.36. The minimum atomic E-state index is -1.26. The van der Waals surface area contributed by atoms with Crippen molar-refractivity contribution in [3.05, 3.63) is 72.3 Å². The van der Waals surface area contributed by atoms with Crippen molar-refractivity contribution in [3.63, 3.8) is 0 Å². The second-order valence-corrected chi connectivity index (χ2v) is 12.9. The molecule has 2 aliphatic rings. The zero-order valence-electron chi connectivity index (χ0n) is 28.8. The number of likely N-dealkylation sites (N-methyl/N-ethyl adjacent to an activating group) is 1. The van der Waals surface area contributed by atoms with Gasteiger partial charge in [-0.1, -0.05) is 62.6 Å². The summed E-state index contributed by atoms with van der Waals surface area (Å²) in [7, 11) is 2.22. The zero-order chi connectivity index (χ0) is 36.9. The molecule has 13 heteroatoms. The molecule has 272 valence electrons. The maximum atomic E-state index is 12.6. The van der Waals surface area contributed by atoms with E-state index in [9.17, 15) is 24.0 Å². The number of hydrogen-bond acceptors (Lipinski definition) is 9. The highest BCUT2D eigenvalue weighted by atomic mass is 32.2. The second kappa shape index (κ2) is 23.0. The van der Waals surface area contributed by atoms with Gasteiger partial charge in [-0.25, -0.2) is 19.2 Å². The first-order valence-electron chi connectivity index (χ1n) is 16.8. The van der Waals surface area contributed by atoms with Gasteiger partial charge in [0.25, 0.3) is 0 Å². The normalized spacial score (nSPS) is 14.2. The predicted molar refractivity (Wildman–Crippen MR) is 194 cm³/mol. The number of piperazine rings is 1. The molecule has 0 unspecified atom stereocenters. The molecule has 0 aliphatic carbocycles. The average Bonchev–Trinajstić information content (AvgIpc) is 3.08. The summed E-state index contributed by atoms with van der Waals surface area (Å²) in [6, 6.07) is 15.0. The minimum Gasteiger partial charge on any atom is -0.478 e. The number of Topliss-reactive ketones (excluding diaryl/α,β-unsaturated/α-hetero) is 1. The van der Waals surface area contributed by atoms with Crippen molar-refractivity contribution in [2.75, 3.05) is 51.2 Å². The van der Waals surface area contributed by atoms with E-state index in [0.717, 1.165) is 18.5 Å². The number of anilines is 2. The van der Waals surface area contributed by atoms with Gasteiger partial charge >= 0.3 is 23.9 Å². The van der Waals surface area contributed by atoms with Crippen LogP contribution in [0.25, 0.3) is 0 Å².